The Kier molecular flexibility index (Phi) is 9.02. The molecule has 1 aromatic carbocycles. The molecule has 1 amide bonds. The number of aliphatic imine (C=N–C) groups is 1. The summed E-state index contributed by atoms with van der Waals surface area (Å²) in [6, 6.07) is 4.19. The molecular weight excluding hydrogens is 406 g/mol. The van der Waals surface area contributed by atoms with Crippen molar-refractivity contribution in [2.45, 2.75) is 45.6 Å². The van der Waals surface area contributed by atoms with Gasteiger partial charge in [0.25, 0.3) is 0 Å². The summed E-state index contributed by atoms with van der Waals surface area (Å²) in [6.07, 6.45) is 4.92. The van der Waals surface area contributed by atoms with Crippen LogP contribution in [0.1, 0.15) is 43.7 Å². The highest BCUT2D eigenvalue weighted by Gasteiger charge is 2.23. The fourth-order valence-electron chi connectivity index (χ4n) is 4.56. The minimum Gasteiger partial charge on any atom is -0.493 e. The second-order valence-electron chi connectivity index (χ2n) is 8.61. The molecule has 0 aliphatic carbocycles. The third-order valence-corrected chi connectivity index (χ3v) is 6.49. The predicted octanol–water partition coefficient (Wildman–Crippen LogP) is 2.00. The van der Waals surface area contributed by atoms with Crippen molar-refractivity contribution in [3.63, 3.8) is 0 Å². The number of carbonyl (C=O) groups excluding carboxylic acids is 1. The Morgan fingerprint density at radius 3 is 2.44 bits per heavy atom. The van der Waals surface area contributed by atoms with Crippen molar-refractivity contribution >= 4 is 11.9 Å². The number of unbranched alkanes of at least 4 members (excludes halogenated alkanes) is 1. The average Bonchev–Trinajstić information content (AvgIpc) is 2.82. The van der Waals surface area contributed by atoms with Crippen LogP contribution in [0.15, 0.2) is 17.1 Å². The van der Waals surface area contributed by atoms with Crippen LogP contribution in [-0.2, 0) is 17.8 Å². The topological polar surface area (TPSA) is 92.4 Å². The van der Waals surface area contributed by atoms with Crippen molar-refractivity contribution in [1.29, 1.82) is 0 Å². The van der Waals surface area contributed by atoms with E-state index in [1.165, 1.54) is 11.1 Å². The molecule has 0 saturated carbocycles. The van der Waals surface area contributed by atoms with Crippen LogP contribution in [0, 0.1) is 5.92 Å². The van der Waals surface area contributed by atoms with E-state index >= 15 is 0 Å². The molecule has 1 fully saturated rings. The Hall–Kier alpha value is -2.48. The first kappa shape index (κ1) is 24.2. The van der Waals surface area contributed by atoms with Gasteiger partial charge in [0, 0.05) is 32.1 Å². The highest BCUT2D eigenvalue weighted by Crippen LogP contribution is 2.33. The minimum absolute atomic E-state index is 0.0641. The summed E-state index contributed by atoms with van der Waals surface area (Å²) in [7, 11) is 3.36. The van der Waals surface area contributed by atoms with Crippen LogP contribution in [0.3, 0.4) is 0 Å². The molecule has 0 radical (unpaired) electrons. The monoisotopic (exact) mass is 445 g/mol. The van der Waals surface area contributed by atoms with E-state index in [9.17, 15) is 4.79 Å². The number of likely N-dealkylation sites (tertiary alicyclic amines) is 1. The lowest BCUT2D eigenvalue weighted by Gasteiger charge is -2.32. The van der Waals surface area contributed by atoms with Crippen LogP contribution in [0.4, 0.5) is 0 Å². The molecule has 2 aliphatic heterocycles. The van der Waals surface area contributed by atoms with Crippen LogP contribution < -0.4 is 20.5 Å². The molecule has 1 saturated heterocycles. The molecule has 1 aromatic rings. The number of hydrogen-bond acceptors (Lipinski definition) is 5. The number of carbonyl (C=O) groups is 1. The Labute approximate surface area is 192 Å². The normalized spacial score (nSPS) is 17.7. The molecule has 2 heterocycles. The van der Waals surface area contributed by atoms with Gasteiger partial charge >= 0.3 is 0 Å². The molecule has 0 atom stereocenters. The van der Waals surface area contributed by atoms with Crippen molar-refractivity contribution in [3.05, 3.63) is 23.3 Å². The second-order valence-corrected chi connectivity index (χ2v) is 8.61. The number of hydrogen-bond donors (Lipinski definition) is 2. The lowest BCUT2D eigenvalue weighted by molar-refractivity contribution is -0.123. The third kappa shape index (κ3) is 6.28. The number of rotatable bonds is 9. The molecule has 3 rings (SSSR count). The first-order valence-corrected chi connectivity index (χ1v) is 11.8. The molecule has 0 aromatic heterocycles. The Balaban J connectivity index is 1.49. The lowest BCUT2D eigenvalue weighted by Crippen LogP contribution is -2.44. The molecule has 0 unspecified atom stereocenters. The third-order valence-electron chi connectivity index (χ3n) is 6.49. The second kappa shape index (κ2) is 11.9. The van der Waals surface area contributed by atoms with Gasteiger partial charge in [-0.3, -0.25) is 9.79 Å². The number of nitrogens with zero attached hydrogens (tertiary/aromatic N) is 3. The quantitative estimate of drug-likeness (QED) is 0.343. The smallest absolute Gasteiger partial charge is 0.220 e. The number of primary amides is 1. The number of fused-ring (bicyclic) bond motifs is 1. The van der Waals surface area contributed by atoms with Gasteiger partial charge in [-0.2, -0.15) is 0 Å². The molecule has 32 heavy (non-hydrogen) atoms. The fourth-order valence-corrected chi connectivity index (χ4v) is 4.56. The first-order chi connectivity index (χ1) is 15.5. The number of methoxy groups -OCH3 is 2. The maximum absolute atomic E-state index is 11.3. The van der Waals surface area contributed by atoms with Crippen molar-refractivity contribution < 1.29 is 14.3 Å². The molecule has 178 valence electrons. The first-order valence-electron chi connectivity index (χ1n) is 11.8. The summed E-state index contributed by atoms with van der Waals surface area (Å²) in [4.78, 5) is 21.0. The molecule has 8 heteroatoms. The van der Waals surface area contributed by atoms with Crippen LogP contribution >= 0.6 is 0 Å². The van der Waals surface area contributed by atoms with Crippen molar-refractivity contribution in [2.75, 3.05) is 53.5 Å². The summed E-state index contributed by atoms with van der Waals surface area (Å²) in [6.45, 7) is 8.53. The Bertz CT molecular complexity index is 790. The van der Waals surface area contributed by atoms with E-state index in [1.807, 2.05) is 0 Å². The van der Waals surface area contributed by atoms with Gasteiger partial charge < -0.3 is 30.3 Å². The fraction of sp³-hybridized carbons (Fsp3) is 0.667. The maximum Gasteiger partial charge on any atom is 0.220 e. The largest absolute Gasteiger partial charge is 0.493 e. The minimum atomic E-state index is -0.146. The number of benzene rings is 1. The summed E-state index contributed by atoms with van der Waals surface area (Å²) in [5, 5.41) is 3.46. The summed E-state index contributed by atoms with van der Waals surface area (Å²) in [5.74, 6) is 2.46. The summed E-state index contributed by atoms with van der Waals surface area (Å²) >= 11 is 0. The molecule has 8 nitrogen and oxygen atoms in total. The number of nitrogens with two attached hydrogens (primary N) is 1. The predicted molar refractivity (Wildman–Crippen MR) is 127 cm³/mol. The van der Waals surface area contributed by atoms with Crippen molar-refractivity contribution in [2.24, 2.45) is 16.6 Å². The SMILES string of the molecule is CCNC(=NCCCCN1CCC(C(N)=O)CC1)N1CCc2cc(OC)c(OC)cc2C1. The van der Waals surface area contributed by atoms with E-state index in [0.29, 0.717) is 0 Å². The number of nitrogens with one attached hydrogen (secondary N) is 1. The van der Waals surface area contributed by atoms with Gasteiger partial charge in [-0.15, -0.1) is 0 Å². The van der Waals surface area contributed by atoms with Gasteiger partial charge in [0.2, 0.25) is 5.91 Å². The van der Waals surface area contributed by atoms with Crippen molar-refractivity contribution in [3.8, 4) is 11.5 Å². The van der Waals surface area contributed by atoms with Crippen LogP contribution in [0.5, 0.6) is 11.5 Å². The van der Waals surface area contributed by atoms with E-state index in [1.54, 1.807) is 14.2 Å². The van der Waals surface area contributed by atoms with Gasteiger partial charge in [-0.25, -0.2) is 0 Å². The maximum atomic E-state index is 11.3. The van der Waals surface area contributed by atoms with Crippen LogP contribution in [-0.4, -0.2) is 75.2 Å². The molecule has 0 spiro atoms. The van der Waals surface area contributed by atoms with Gasteiger partial charge in [0.05, 0.1) is 14.2 Å². The summed E-state index contributed by atoms with van der Waals surface area (Å²) < 4.78 is 10.9. The number of ether oxygens (including phenoxy) is 2. The van der Waals surface area contributed by atoms with Gasteiger partial charge in [-0.1, -0.05) is 0 Å². The van der Waals surface area contributed by atoms with E-state index in [4.69, 9.17) is 20.2 Å². The van der Waals surface area contributed by atoms with Crippen LogP contribution in [0.2, 0.25) is 0 Å². The Morgan fingerprint density at radius 2 is 1.81 bits per heavy atom. The van der Waals surface area contributed by atoms with E-state index in [-0.39, 0.29) is 11.8 Å². The zero-order valence-corrected chi connectivity index (χ0v) is 19.9. The zero-order valence-electron chi connectivity index (χ0n) is 19.9. The van der Waals surface area contributed by atoms with Gasteiger partial charge in [0.15, 0.2) is 17.5 Å². The van der Waals surface area contributed by atoms with E-state index in [2.05, 4.69) is 34.2 Å². The van der Waals surface area contributed by atoms with Crippen LogP contribution in [0.25, 0.3) is 0 Å². The zero-order chi connectivity index (χ0) is 22.9. The number of guanidine groups is 1. The molecule has 0 bridgehead atoms. The van der Waals surface area contributed by atoms with Gasteiger partial charge in [0.1, 0.15) is 0 Å². The summed E-state index contributed by atoms with van der Waals surface area (Å²) in [5.41, 5.74) is 8.00. The highest BCUT2D eigenvalue weighted by molar-refractivity contribution is 5.80. The lowest BCUT2D eigenvalue weighted by atomic mass is 9.96. The molecule has 3 N–H and O–H groups in total. The molecular formula is C24H39N5O3. The highest BCUT2D eigenvalue weighted by atomic mass is 16.5. The van der Waals surface area contributed by atoms with E-state index in [0.717, 1.165) is 95.4 Å². The number of piperidine rings is 1. The van der Waals surface area contributed by atoms with Crippen molar-refractivity contribution in [1.82, 2.24) is 15.1 Å². The molecule has 2 aliphatic rings. The average molecular weight is 446 g/mol. The Morgan fingerprint density at radius 1 is 1.12 bits per heavy atom. The van der Waals surface area contributed by atoms with E-state index < -0.39 is 0 Å². The number of amides is 1. The van der Waals surface area contributed by atoms with Gasteiger partial charge in [-0.05, 0) is 81.9 Å². The standard InChI is InChI=1S/C24H39N5O3/c1-4-26-24(27-10-5-6-11-28-12-7-18(8-13-28)23(25)30)29-14-9-19-15-21(31-2)22(32-3)16-20(19)17-29/h15-16,18H,4-14,17H2,1-3H3,(H2,25,30)(H,26,27).